The van der Waals surface area contributed by atoms with Crippen LogP contribution in [0.15, 0.2) is 72.8 Å². The standard InChI is InChI=1S/C23H23NO2/c25-22(16-26-21-12-11-18-7-4-5-8-19(18)15-21)24-17-23(13-6-14-23)20-9-2-1-3-10-20/h1-5,7-12,15H,6,13-14,16-17H2,(H,24,25). The van der Waals surface area contributed by atoms with Gasteiger partial charge in [-0.05, 0) is 41.3 Å². The van der Waals surface area contributed by atoms with Gasteiger partial charge in [0.1, 0.15) is 5.75 Å². The van der Waals surface area contributed by atoms with Crippen LogP contribution in [-0.4, -0.2) is 19.1 Å². The maximum absolute atomic E-state index is 12.3. The number of fused-ring (bicyclic) bond motifs is 1. The number of carbonyl (C=O) groups excluding carboxylic acids is 1. The minimum absolute atomic E-state index is 0.0449. The molecule has 0 heterocycles. The van der Waals surface area contributed by atoms with Gasteiger partial charge in [-0.2, -0.15) is 0 Å². The summed E-state index contributed by atoms with van der Waals surface area (Å²) >= 11 is 0. The number of carbonyl (C=O) groups is 1. The Hall–Kier alpha value is -2.81. The second-order valence-corrected chi connectivity index (χ2v) is 7.07. The van der Waals surface area contributed by atoms with Crippen LogP contribution in [-0.2, 0) is 10.2 Å². The van der Waals surface area contributed by atoms with E-state index in [-0.39, 0.29) is 17.9 Å². The van der Waals surface area contributed by atoms with E-state index in [1.165, 1.54) is 17.4 Å². The van der Waals surface area contributed by atoms with Crippen LogP contribution < -0.4 is 10.1 Å². The predicted molar refractivity (Wildman–Crippen MR) is 104 cm³/mol. The molecule has 1 fully saturated rings. The molecule has 0 unspecified atom stereocenters. The maximum atomic E-state index is 12.3. The van der Waals surface area contributed by atoms with E-state index < -0.39 is 0 Å². The molecule has 0 saturated heterocycles. The third kappa shape index (κ3) is 3.43. The molecule has 0 radical (unpaired) electrons. The number of ether oxygens (including phenoxy) is 1. The summed E-state index contributed by atoms with van der Waals surface area (Å²) in [6.45, 7) is 0.722. The van der Waals surface area contributed by atoms with Crippen LogP contribution in [0, 0.1) is 0 Å². The van der Waals surface area contributed by atoms with E-state index in [4.69, 9.17) is 4.74 Å². The van der Waals surface area contributed by atoms with Crippen LogP contribution in [0.25, 0.3) is 10.8 Å². The average molecular weight is 345 g/mol. The summed E-state index contributed by atoms with van der Waals surface area (Å²) in [5.74, 6) is 0.653. The lowest BCUT2D eigenvalue weighted by Gasteiger charge is -2.42. The van der Waals surface area contributed by atoms with Crippen LogP contribution in [0.2, 0.25) is 0 Å². The summed E-state index contributed by atoms with van der Waals surface area (Å²) in [5.41, 5.74) is 1.42. The zero-order valence-electron chi connectivity index (χ0n) is 14.8. The van der Waals surface area contributed by atoms with Gasteiger partial charge in [0.15, 0.2) is 6.61 Å². The van der Waals surface area contributed by atoms with Gasteiger partial charge in [0.2, 0.25) is 0 Å². The van der Waals surface area contributed by atoms with Crippen LogP contribution in [0.3, 0.4) is 0 Å². The zero-order chi connectivity index (χ0) is 17.8. The normalized spacial score (nSPS) is 15.2. The number of nitrogens with one attached hydrogen (secondary N) is 1. The quantitative estimate of drug-likeness (QED) is 0.716. The smallest absolute Gasteiger partial charge is 0.257 e. The van der Waals surface area contributed by atoms with Crippen molar-refractivity contribution in [1.29, 1.82) is 0 Å². The first kappa shape index (κ1) is 16.6. The largest absolute Gasteiger partial charge is 0.484 e. The molecule has 3 heteroatoms. The fraction of sp³-hybridized carbons (Fsp3) is 0.261. The van der Waals surface area contributed by atoms with Crippen LogP contribution >= 0.6 is 0 Å². The molecule has 1 N–H and O–H groups in total. The highest BCUT2D eigenvalue weighted by Gasteiger charge is 2.38. The van der Waals surface area contributed by atoms with E-state index in [9.17, 15) is 4.79 Å². The lowest BCUT2D eigenvalue weighted by atomic mass is 9.64. The summed E-state index contributed by atoms with van der Waals surface area (Å²) in [6, 6.07) is 24.5. The molecule has 4 rings (SSSR count). The molecule has 3 aromatic rings. The molecule has 3 aromatic carbocycles. The number of hydrogen-bond donors (Lipinski definition) is 1. The van der Waals surface area contributed by atoms with E-state index in [0.29, 0.717) is 6.54 Å². The molecular formula is C23H23NO2. The van der Waals surface area contributed by atoms with Crippen LogP contribution in [0.4, 0.5) is 0 Å². The van der Waals surface area contributed by atoms with E-state index >= 15 is 0 Å². The molecule has 0 aliphatic heterocycles. The number of rotatable bonds is 6. The topological polar surface area (TPSA) is 38.3 Å². The van der Waals surface area contributed by atoms with Crippen molar-refractivity contribution in [3.63, 3.8) is 0 Å². The van der Waals surface area contributed by atoms with Gasteiger partial charge in [0.25, 0.3) is 5.91 Å². The number of hydrogen-bond acceptors (Lipinski definition) is 2. The fourth-order valence-electron chi connectivity index (χ4n) is 3.69. The van der Waals surface area contributed by atoms with Crippen LogP contribution in [0.1, 0.15) is 24.8 Å². The molecule has 0 bridgehead atoms. The second kappa shape index (κ2) is 7.20. The monoisotopic (exact) mass is 345 g/mol. The van der Waals surface area contributed by atoms with Gasteiger partial charge in [0.05, 0.1) is 0 Å². The molecule has 132 valence electrons. The van der Waals surface area contributed by atoms with Crippen molar-refractivity contribution in [3.8, 4) is 5.75 Å². The summed E-state index contributed by atoms with van der Waals surface area (Å²) < 4.78 is 5.69. The third-order valence-corrected chi connectivity index (χ3v) is 5.41. The molecular weight excluding hydrogens is 322 g/mol. The maximum Gasteiger partial charge on any atom is 0.257 e. The molecule has 0 aromatic heterocycles. The number of amides is 1. The van der Waals surface area contributed by atoms with Crippen molar-refractivity contribution >= 4 is 16.7 Å². The van der Waals surface area contributed by atoms with E-state index in [0.717, 1.165) is 24.0 Å². The Morgan fingerprint density at radius 1 is 0.923 bits per heavy atom. The second-order valence-electron chi connectivity index (χ2n) is 7.07. The van der Waals surface area contributed by atoms with Crippen molar-refractivity contribution in [3.05, 3.63) is 78.4 Å². The van der Waals surface area contributed by atoms with Gasteiger partial charge in [0, 0.05) is 12.0 Å². The van der Waals surface area contributed by atoms with E-state index in [2.05, 4.69) is 35.6 Å². The van der Waals surface area contributed by atoms with Crippen LogP contribution in [0.5, 0.6) is 5.75 Å². The third-order valence-electron chi connectivity index (χ3n) is 5.41. The first-order valence-electron chi connectivity index (χ1n) is 9.19. The molecule has 1 aliphatic carbocycles. The Morgan fingerprint density at radius 2 is 1.65 bits per heavy atom. The molecule has 3 nitrogen and oxygen atoms in total. The van der Waals surface area contributed by atoms with Gasteiger partial charge >= 0.3 is 0 Å². The SMILES string of the molecule is O=C(COc1ccc2ccccc2c1)NCC1(c2ccccc2)CCC1. The van der Waals surface area contributed by atoms with E-state index in [1.54, 1.807) is 0 Å². The molecule has 26 heavy (non-hydrogen) atoms. The summed E-state index contributed by atoms with van der Waals surface area (Å²) in [7, 11) is 0. The van der Waals surface area contributed by atoms with Crippen molar-refractivity contribution in [2.75, 3.05) is 13.2 Å². The summed E-state index contributed by atoms with van der Waals surface area (Å²) in [4.78, 5) is 12.3. The van der Waals surface area contributed by atoms with Crippen molar-refractivity contribution < 1.29 is 9.53 Å². The Morgan fingerprint density at radius 3 is 2.38 bits per heavy atom. The van der Waals surface area contributed by atoms with Gasteiger partial charge < -0.3 is 10.1 Å². The lowest BCUT2D eigenvalue weighted by Crippen LogP contribution is -2.46. The Labute approximate surface area is 154 Å². The molecule has 1 amide bonds. The van der Waals surface area contributed by atoms with Crippen molar-refractivity contribution in [2.45, 2.75) is 24.7 Å². The highest BCUT2D eigenvalue weighted by Crippen LogP contribution is 2.43. The van der Waals surface area contributed by atoms with E-state index in [1.807, 2.05) is 42.5 Å². The molecule has 0 spiro atoms. The molecule has 0 atom stereocenters. The minimum Gasteiger partial charge on any atom is -0.484 e. The minimum atomic E-state index is -0.0691. The predicted octanol–water partition coefficient (Wildman–Crippen LogP) is 4.46. The first-order valence-corrected chi connectivity index (χ1v) is 9.19. The van der Waals surface area contributed by atoms with Crippen molar-refractivity contribution in [1.82, 2.24) is 5.32 Å². The zero-order valence-corrected chi connectivity index (χ0v) is 14.8. The lowest BCUT2D eigenvalue weighted by molar-refractivity contribution is -0.123. The highest BCUT2D eigenvalue weighted by molar-refractivity contribution is 5.84. The van der Waals surface area contributed by atoms with Crippen molar-refractivity contribution in [2.24, 2.45) is 0 Å². The number of benzene rings is 3. The molecule has 1 aliphatic rings. The molecule has 1 saturated carbocycles. The highest BCUT2D eigenvalue weighted by atomic mass is 16.5. The van der Waals surface area contributed by atoms with Gasteiger partial charge in [-0.3, -0.25) is 4.79 Å². The first-order chi connectivity index (χ1) is 12.8. The average Bonchev–Trinajstić information content (AvgIpc) is 2.66. The Bertz CT molecular complexity index is 900. The summed E-state index contributed by atoms with van der Waals surface area (Å²) in [5, 5.41) is 5.35. The van der Waals surface area contributed by atoms with Gasteiger partial charge in [-0.25, -0.2) is 0 Å². The van der Waals surface area contributed by atoms with Gasteiger partial charge in [-0.1, -0.05) is 67.1 Å². The fourth-order valence-corrected chi connectivity index (χ4v) is 3.69. The van der Waals surface area contributed by atoms with Gasteiger partial charge in [-0.15, -0.1) is 0 Å². The summed E-state index contributed by atoms with van der Waals surface area (Å²) in [6.07, 6.45) is 3.48. The Kier molecular flexibility index (Phi) is 4.61. The Balaban J connectivity index is 1.33.